The van der Waals surface area contributed by atoms with Crippen LogP contribution in [0.2, 0.25) is 0 Å². The maximum atomic E-state index is 12.1. The van der Waals surface area contributed by atoms with Gasteiger partial charge in [0.25, 0.3) is 5.91 Å². The fraction of sp³-hybridized carbons (Fsp3) is 0.222. The molecule has 2 aromatic heterocycles. The van der Waals surface area contributed by atoms with Gasteiger partial charge in [0, 0.05) is 18.8 Å². The summed E-state index contributed by atoms with van der Waals surface area (Å²) in [6, 6.07) is 8.75. The number of nitrogens with one attached hydrogen (secondary N) is 1. The molecule has 1 amide bonds. The standard InChI is InChI=1S/C18H18N4O4S/c1-12-4-3-5-13(6-12)20-17(24)9-26-16-8-25-14(7-15(16)23)10-27-18-21-19-11-22(18)2/h3-8,11H,9-10H2,1-2H3,(H,20,24). The average molecular weight is 386 g/mol. The predicted octanol–water partition coefficient (Wildman–Crippen LogP) is 2.39. The molecule has 3 rings (SSSR count). The highest BCUT2D eigenvalue weighted by atomic mass is 32.2. The lowest BCUT2D eigenvalue weighted by Crippen LogP contribution is -2.22. The molecular weight excluding hydrogens is 368 g/mol. The number of anilines is 1. The van der Waals surface area contributed by atoms with Gasteiger partial charge in [0.1, 0.15) is 18.4 Å². The molecule has 0 bridgehead atoms. The van der Waals surface area contributed by atoms with Gasteiger partial charge >= 0.3 is 0 Å². The van der Waals surface area contributed by atoms with E-state index in [2.05, 4.69) is 15.5 Å². The Kier molecular flexibility index (Phi) is 5.92. The largest absolute Gasteiger partial charge is 0.477 e. The third-order valence-corrected chi connectivity index (χ3v) is 4.58. The van der Waals surface area contributed by atoms with Crippen LogP contribution in [0.15, 0.2) is 57.3 Å². The van der Waals surface area contributed by atoms with Gasteiger partial charge in [0.2, 0.25) is 11.2 Å². The Morgan fingerprint density at radius 1 is 1.37 bits per heavy atom. The van der Waals surface area contributed by atoms with E-state index < -0.39 is 0 Å². The van der Waals surface area contributed by atoms with Gasteiger partial charge in [0.15, 0.2) is 11.8 Å². The Morgan fingerprint density at radius 2 is 2.22 bits per heavy atom. The van der Waals surface area contributed by atoms with E-state index in [0.29, 0.717) is 22.4 Å². The highest BCUT2D eigenvalue weighted by Crippen LogP contribution is 2.20. The third-order valence-electron chi connectivity index (χ3n) is 3.53. The maximum Gasteiger partial charge on any atom is 0.262 e. The van der Waals surface area contributed by atoms with Crippen LogP contribution in [0.25, 0.3) is 0 Å². The van der Waals surface area contributed by atoms with Crippen molar-refractivity contribution in [2.75, 3.05) is 11.9 Å². The number of hydrogen-bond acceptors (Lipinski definition) is 7. The van der Waals surface area contributed by atoms with Crippen molar-refractivity contribution in [2.24, 2.45) is 7.05 Å². The van der Waals surface area contributed by atoms with Crippen molar-refractivity contribution in [1.29, 1.82) is 0 Å². The van der Waals surface area contributed by atoms with Gasteiger partial charge in [-0.15, -0.1) is 10.2 Å². The van der Waals surface area contributed by atoms with Crippen LogP contribution in [0.5, 0.6) is 5.75 Å². The van der Waals surface area contributed by atoms with Gasteiger partial charge in [-0.1, -0.05) is 23.9 Å². The predicted molar refractivity (Wildman–Crippen MR) is 101 cm³/mol. The molecule has 0 aliphatic carbocycles. The number of benzene rings is 1. The zero-order valence-corrected chi connectivity index (χ0v) is 15.7. The molecule has 0 radical (unpaired) electrons. The van der Waals surface area contributed by atoms with Crippen molar-refractivity contribution in [1.82, 2.24) is 14.8 Å². The van der Waals surface area contributed by atoms with Crippen LogP contribution in [0.1, 0.15) is 11.3 Å². The minimum absolute atomic E-state index is 0.0122. The number of thioether (sulfide) groups is 1. The first-order chi connectivity index (χ1) is 13.0. The quantitative estimate of drug-likeness (QED) is 0.622. The molecule has 140 valence electrons. The molecule has 2 heterocycles. The highest BCUT2D eigenvalue weighted by molar-refractivity contribution is 7.98. The van der Waals surface area contributed by atoms with Gasteiger partial charge in [-0.3, -0.25) is 9.59 Å². The molecule has 1 aromatic carbocycles. The lowest BCUT2D eigenvalue weighted by Gasteiger charge is -2.08. The number of amides is 1. The lowest BCUT2D eigenvalue weighted by atomic mass is 10.2. The van der Waals surface area contributed by atoms with E-state index in [4.69, 9.17) is 9.15 Å². The molecule has 0 aliphatic rings. The van der Waals surface area contributed by atoms with E-state index in [1.165, 1.54) is 24.1 Å². The molecule has 0 spiro atoms. The van der Waals surface area contributed by atoms with Crippen molar-refractivity contribution in [3.8, 4) is 5.75 Å². The number of aromatic nitrogens is 3. The first-order valence-electron chi connectivity index (χ1n) is 8.09. The summed E-state index contributed by atoms with van der Waals surface area (Å²) in [4.78, 5) is 24.1. The number of carbonyl (C=O) groups excluding carboxylic acids is 1. The van der Waals surface area contributed by atoms with Crippen LogP contribution in [-0.2, 0) is 17.6 Å². The molecule has 1 N–H and O–H groups in total. The Morgan fingerprint density at radius 3 is 2.93 bits per heavy atom. The number of nitrogens with zero attached hydrogens (tertiary/aromatic N) is 3. The SMILES string of the molecule is Cc1cccc(NC(=O)COc2coc(CSc3nncn3C)cc2=O)c1. The van der Waals surface area contributed by atoms with E-state index in [-0.39, 0.29) is 23.7 Å². The number of rotatable bonds is 7. The number of carbonyl (C=O) groups is 1. The normalized spacial score (nSPS) is 10.6. The van der Waals surface area contributed by atoms with Crippen LogP contribution in [0.4, 0.5) is 5.69 Å². The molecule has 8 nitrogen and oxygen atoms in total. The van der Waals surface area contributed by atoms with Crippen LogP contribution in [0, 0.1) is 6.92 Å². The fourth-order valence-corrected chi connectivity index (χ4v) is 3.00. The van der Waals surface area contributed by atoms with E-state index in [1.54, 1.807) is 17.0 Å². The number of aryl methyl sites for hydroxylation is 2. The number of hydrogen-bond donors (Lipinski definition) is 1. The highest BCUT2D eigenvalue weighted by Gasteiger charge is 2.10. The van der Waals surface area contributed by atoms with Crippen molar-refractivity contribution in [2.45, 2.75) is 17.8 Å². The van der Waals surface area contributed by atoms with E-state index in [0.717, 1.165) is 5.56 Å². The first-order valence-corrected chi connectivity index (χ1v) is 9.07. The zero-order valence-electron chi connectivity index (χ0n) is 14.8. The van der Waals surface area contributed by atoms with Gasteiger partial charge in [-0.25, -0.2) is 0 Å². The summed E-state index contributed by atoms with van der Waals surface area (Å²) >= 11 is 1.39. The summed E-state index contributed by atoms with van der Waals surface area (Å²) in [5, 5.41) is 11.2. The summed E-state index contributed by atoms with van der Waals surface area (Å²) in [7, 11) is 1.83. The van der Waals surface area contributed by atoms with Crippen molar-refractivity contribution in [3.05, 3.63) is 64.5 Å². The van der Waals surface area contributed by atoms with Crippen molar-refractivity contribution < 1.29 is 13.9 Å². The van der Waals surface area contributed by atoms with Crippen molar-refractivity contribution >= 4 is 23.4 Å². The van der Waals surface area contributed by atoms with Gasteiger partial charge in [0.05, 0.1) is 5.75 Å². The Balaban J connectivity index is 1.54. The van der Waals surface area contributed by atoms with Gasteiger partial charge in [-0.05, 0) is 24.6 Å². The summed E-state index contributed by atoms with van der Waals surface area (Å²) in [5.74, 6) is 0.531. The second-order valence-corrected chi connectivity index (χ2v) is 6.74. The monoisotopic (exact) mass is 386 g/mol. The van der Waals surface area contributed by atoms with Gasteiger partial charge < -0.3 is 19.0 Å². The average Bonchev–Trinajstić information content (AvgIpc) is 3.04. The Bertz CT molecular complexity index is 999. The summed E-state index contributed by atoms with van der Waals surface area (Å²) in [6.07, 6.45) is 2.81. The van der Waals surface area contributed by atoms with E-state index in [1.807, 2.05) is 32.2 Å². The summed E-state index contributed by atoms with van der Waals surface area (Å²) < 4.78 is 12.5. The topological polar surface area (TPSA) is 99.2 Å². The first kappa shape index (κ1) is 18.7. The van der Waals surface area contributed by atoms with Crippen LogP contribution >= 0.6 is 11.8 Å². The Labute approximate surface area is 159 Å². The summed E-state index contributed by atoms with van der Waals surface area (Å²) in [5.41, 5.74) is 1.36. The van der Waals surface area contributed by atoms with Crippen LogP contribution in [0.3, 0.4) is 0 Å². The fourth-order valence-electron chi connectivity index (χ4n) is 2.22. The molecule has 0 aliphatic heterocycles. The second kappa shape index (κ2) is 8.54. The Hall–Kier alpha value is -3.07. The molecule has 0 fully saturated rings. The molecule has 0 saturated heterocycles. The maximum absolute atomic E-state index is 12.1. The second-order valence-electron chi connectivity index (χ2n) is 5.79. The van der Waals surface area contributed by atoms with Crippen molar-refractivity contribution in [3.63, 3.8) is 0 Å². The van der Waals surface area contributed by atoms with Crippen LogP contribution in [-0.4, -0.2) is 27.3 Å². The van der Waals surface area contributed by atoms with E-state index >= 15 is 0 Å². The minimum Gasteiger partial charge on any atom is -0.477 e. The molecule has 0 saturated carbocycles. The molecule has 3 aromatic rings. The molecule has 9 heteroatoms. The summed E-state index contributed by atoms with van der Waals surface area (Å²) in [6.45, 7) is 1.65. The molecule has 27 heavy (non-hydrogen) atoms. The number of ether oxygens (including phenoxy) is 1. The molecular formula is C18H18N4O4S. The molecule has 0 unspecified atom stereocenters. The lowest BCUT2D eigenvalue weighted by molar-refractivity contribution is -0.118. The smallest absolute Gasteiger partial charge is 0.262 e. The minimum atomic E-state index is -0.359. The van der Waals surface area contributed by atoms with Gasteiger partial charge in [-0.2, -0.15) is 0 Å². The zero-order chi connectivity index (χ0) is 19.2. The molecule has 0 atom stereocenters. The van der Waals surface area contributed by atoms with Crippen LogP contribution < -0.4 is 15.5 Å². The van der Waals surface area contributed by atoms with E-state index in [9.17, 15) is 9.59 Å². The third kappa shape index (κ3) is 5.20.